The molecule has 3 aromatic rings. The van der Waals surface area contributed by atoms with Crippen molar-refractivity contribution in [2.24, 2.45) is 0 Å². The summed E-state index contributed by atoms with van der Waals surface area (Å²) < 4.78 is 0. The van der Waals surface area contributed by atoms with E-state index < -0.39 is 0 Å². The van der Waals surface area contributed by atoms with Crippen LogP contribution in [-0.4, -0.2) is 22.3 Å². The van der Waals surface area contributed by atoms with Crippen molar-refractivity contribution in [3.8, 4) is 0 Å². The number of carbonyl (C=O) groups excluding carboxylic acids is 1. The van der Waals surface area contributed by atoms with Crippen molar-refractivity contribution >= 4 is 5.91 Å². The summed E-state index contributed by atoms with van der Waals surface area (Å²) in [7, 11) is 0. The number of amides is 1. The van der Waals surface area contributed by atoms with Crippen molar-refractivity contribution in [3.63, 3.8) is 0 Å². The Hall–Kier alpha value is -2.94. The first-order valence-corrected chi connectivity index (χ1v) is 9.62. The van der Waals surface area contributed by atoms with Gasteiger partial charge in [-0.15, -0.1) is 0 Å². The molecule has 0 N–H and O–H groups in total. The van der Waals surface area contributed by atoms with Crippen LogP contribution in [0.25, 0.3) is 0 Å². The Morgan fingerprint density at radius 1 is 0.926 bits per heavy atom. The minimum absolute atomic E-state index is 0.0820. The molecule has 1 saturated heterocycles. The summed E-state index contributed by atoms with van der Waals surface area (Å²) in [6.07, 6.45) is 6.20. The van der Waals surface area contributed by atoms with E-state index in [0.29, 0.717) is 6.42 Å². The summed E-state index contributed by atoms with van der Waals surface area (Å²) in [6, 6.07) is 24.9. The van der Waals surface area contributed by atoms with Crippen LogP contribution < -0.4 is 0 Å². The van der Waals surface area contributed by atoms with Crippen LogP contribution in [0.5, 0.6) is 0 Å². The summed E-state index contributed by atoms with van der Waals surface area (Å²) in [5.74, 6) is 0.311. The van der Waals surface area contributed by atoms with E-state index in [4.69, 9.17) is 0 Å². The van der Waals surface area contributed by atoms with E-state index in [0.717, 1.165) is 19.4 Å². The molecule has 136 valence electrons. The summed E-state index contributed by atoms with van der Waals surface area (Å²) in [6.45, 7) is 0.835. The van der Waals surface area contributed by atoms with Gasteiger partial charge in [-0.05, 0) is 41.7 Å². The smallest absolute Gasteiger partial charge is 0.224 e. The Balaban J connectivity index is 1.58. The number of carbonyl (C=O) groups is 1. The predicted octanol–water partition coefficient (Wildman–Crippen LogP) is 4.97. The van der Waals surface area contributed by atoms with Gasteiger partial charge < -0.3 is 4.90 Å². The average molecular weight is 356 g/mol. The molecular weight excluding hydrogens is 332 g/mol. The molecule has 2 heterocycles. The normalized spacial score (nSPS) is 16.6. The molecular formula is C24H24N2O. The van der Waals surface area contributed by atoms with Crippen LogP contribution in [0.15, 0.2) is 85.2 Å². The number of benzene rings is 2. The Bertz CT molecular complexity index is 825. The van der Waals surface area contributed by atoms with Crippen molar-refractivity contribution in [1.29, 1.82) is 0 Å². The predicted molar refractivity (Wildman–Crippen MR) is 107 cm³/mol. The van der Waals surface area contributed by atoms with Gasteiger partial charge in [0.15, 0.2) is 0 Å². The van der Waals surface area contributed by atoms with Crippen molar-refractivity contribution in [2.45, 2.75) is 31.2 Å². The van der Waals surface area contributed by atoms with Crippen LogP contribution in [0.3, 0.4) is 0 Å². The molecule has 3 heteroatoms. The zero-order valence-electron chi connectivity index (χ0n) is 15.4. The SMILES string of the molecule is O=C(CC(c1ccccc1)c1ccccc1)N1CCC[C@H]1c1ccncc1. The fourth-order valence-corrected chi connectivity index (χ4v) is 4.09. The van der Waals surface area contributed by atoms with E-state index in [-0.39, 0.29) is 17.9 Å². The van der Waals surface area contributed by atoms with E-state index in [1.165, 1.54) is 16.7 Å². The van der Waals surface area contributed by atoms with Gasteiger partial charge >= 0.3 is 0 Å². The number of nitrogens with zero attached hydrogens (tertiary/aromatic N) is 2. The van der Waals surface area contributed by atoms with E-state index >= 15 is 0 Å². The zero-order valence-corrected chi connectivity index (χ0v) is 15.4. The lowest BCUT2D eigenvalue weighted by Crippen LogP contribution is -2.31. The highest BCUT2D eigenvalue weighted by Crippen LogP contribution is 2.35. The Labute approximate surface area is 160 Å². The number of pyridine rings is 1. The second-order valence-corrected chi connectivity index (χ2v) is 7.10. The first-order chi connectivity index (χ1) is 13.3. The molecule has 0 bridgehead atoms. The first kappa shape index (κ1) is 17.5. The van der Waals surface area contributed by atoms with Gasteiger partial charge in [-0.1, -0.05) is 60.7 Å². The largest absolute Gasteiger partial charge is 0.336 e. The molecule has 0 radical (unpaired) electrons. The minimum Gasteiger partial charge on any atom is -0.336 e. The maximum absolute atomic E-state index is 13.3. The number of hydrogen-bond donors (Lipinski definition) is 0. The summed E-state index contributed by atoms with van der Waals surface area (Å²) in [5, 5.41) is 0. The molecule has 0 spiro atoms. The highest BCUT2D eigenvalue weighted by atomic mass is 16.2. The topological polar surface area (TPSA) is 33.2 Å². The van der Waals surface area contributed by atoms with Gasteiger partial charge in [0.2, 0.25) is 5.91 Å². The molecule has 0 aliphatic carbocycles. The third-order valence-corrected chi connectivity index (χ3v) is 5.45. The molecule has 3 nitrogen and oxygen atoms in total. The zero-order chi connectivity index (χ0) is 18.5. The molecule has 2 aromatic carbocycles. The lowest BCUT2D eigenvalue weighted by atomic mass is 9.88. The van der Waals surface area contributed by atoms with Crippen LogP contribution in [-0.2, 0) is 4.79 Å². The Kier molecular flexibility index (Phi) is 5.29. The summed E-state index contributed by atoms with van der Waals surface area (Å²) in [4.78, 5) is 19.5. The summed E-state index contributed by atoms with van der Waals surface area (Å²) in [5.41, 5.74) is 3.57. The van der Waals surface area contributed by atoms with Crippen LogP contribution in [0.4, 0.5) is 0 Å². The molecule has 1 aromatic heterocycles. The van der Waals surface area contributed by atoms with Gasteiger partial charge in [0.05, 0.1) is 6.04 Å². The first-order valence-electron chi connectivity index (χ1n) is 9.62. The van der Waals surface area contributed by atoms with E-state index in [2.05, 4.69) is 34.1 Å². The number of rotatable bonds is 5. The maximum Gasteiger partial charge on any atom is 0.224 e. The quantitative estimate of drug-likeness (QED) is 0.647. The second-order valence-electron chi connectivity index (χ2n) is 7.10. The van der Waals surface area contributed by atoms with E-state index in [1.54, 1.807) is 0 Å². The monoisotopic (exact) mass is 356 g/mol. The lowest BCUT2D eigenvalue weighted by Gasteiger charge is -2.27. The average Bonchev–Trinajstić information content (AvgIpc) is 3.24. The minimum atomic E-state index is 0.0820. The second kappa shape index (κ2) is 8.17. The molecule has 1 aliphatic rings. The summed E-state index contributed by atoms with van der Waals surface area (Å²) >= 11 is 0. The molecule has 0 saturated carbocycles. The fourth-order valence-electron chi connectivity index (χ4n) is 4.09. The van der Waals surface area contributed by atoms with Crippen LogP contribution in [0.2, 0.25) is 0 Å². The van der Waals surface area contributed by atoms with Crippen molar-refractivity contribution in [2.75, 3.05) is 6.54 Å². The number of likely N-dealkylation sites (tertiary alicyclic amines) is 1. The molecule has 0 unspecified atom stereocenters. The van der Waals surface area contributed by atoms with E-state index in [9.17, 15) is 4.79 Å². The number of hydrogen-bond acceptors (Lipinski definition) is 2. The molecule has 1 amide bonds. The maximum atomic E-state index is 13.3. The van der Waals surface area contributed by atoms with Gasteiger partial charge in [-0.3, -0.25) is 9.78 Å². The highest BCUT2D eigenvalue weighted by molar-refractivity contribution is 5.78. The number of aromatic nitrogens is 1. The van der Waals surface area contributed by atoms with Gasteiger partial charge in [0.1, 0.15) is 0 Å². The van der Waals surface area contributed by atoms with Crippen molar-refractivity contribution in [1.82, 2.24) is 9.88 Å². The van der Waals surface area contributed by atoms with Crippen LogP contribution in [0, 0.1) is 0 Å². The van der Waals surface area contributed by atoms with Gasteiger partial charge in [-0.25, -0.2) is 0 Å². The fraction of sp³-hybridized carbons (Fsp3) is 0.250. The standard InChI is InChI=1S/C24H24N2O/c27-24(26-17-7-12-23(26)21-13-15-25-16-14-21)18-22(19-8-3-1-4-9-19)20-10-5-2-6-11-20/h1-6,8-11,13-16,22-23H,7,12,17-18H2/t23-/m0/s1. The molecule has 27 heavy (non-hydrogen) atoms. The van der Waals surface area contributed by atoms with Gasteiger partial charge in [0, 0.05) is 31.3 Å². The van der Waals surface area contributed by atoms with Crippen molar-refractivity contribution < 1.29 is 4.79 Å². The van der Waals surface area contributed by atoms with Crippen LogP contribution in [0.1, 0.15) is 47.9 Å². The lowest BCUT2D eigenvalue weighted by molar-refractivity contribution is -0.132. The Morgan fingerprint density at radius 3 is 2.11 bits per heavy atom. The third kappa shape index (κ3) is 3.92. The molecule has 4 rings (SSSR count). The van der Waals surface area contributed by atoms with Crippen molar-refractivity contribution in [3.05, 3.63) is 102 Å². The third-order valence-electron chi connectivity index (χ3n) is 5.45. The van der Waals surface area contributed by atoms with Gasteiger partial charge in [0.25, 0.3) is 0 Å². The molecule has 1 aliphatic heterocycles. The van der Waals surface area contributed by atoms with Gasteiger partial charge in [-0.2, -0.15) is 0 Å². The van der Waals surface area contributed by atoms with E-state index in [1.807, 2.05) is 60.9 Å². The molecule has 1 atom stereocenters. The Morgan fingerprint density at radius 2 is 1.52 bits per heavy atom. The molecule has 1 fully saturated rings. The van der Waals surface area contributed by atoms with Crippen LogP contribution >= 0.6 is 0 Å². The highest BCUT2D eigenvalue weighted by Gasteiger charge is 2.31.